The summed E-state index contributed by atoms with van der Waals surface area (Å²) in [5, 5.41) is 11.3. The van der Waals surface area contributed by atoms with Gasteiger partial charge in [0.05, 0.1) is 5.75 Å². The van der Waals surface area contributed by atoms with E-state index >= 15 is 0 Å². The monoisotopic (exact) mass is 322 g/mol. The van der Waals surface area contributed by atoms with Gasteiger partial charge < -0.3 is 15.3 Å². The van der Waals surface area contributed by atoms with E-state index < -0.39 is 5.97 Å². The third-order valence-electron chi connectivity index (χ3n) is 3.44. The Morgan fingerprint density at radius 1 is 1.36 bits per heavy atom. The molecule has 0 saturated heterocycles. The van der Waals surface area contributed by atoms with Crippen molar-refractivity contribution < 1.29 is 19.5 Å². The Balaban J connectivity index is 1.91. The summed E-state index contributed by atoms with van der Waals surface area (Å²) in [6.07, 6.45) is 1.11. The molecule has 0 spiro atoms. The number of benzene rings is 1. The maximum Gasteiger partial charge on any atom is 0.313 e. The second kappa shape index (κ2) is 7.31. The molecule has 2 amide bonds. The summed E-state index contributed by atoms with van der Waals surface area (Å²) < 4.78 is 0. The molecule has 1 heterocycles. The van der Waals surface area contributed by atoms with E-state index in [1.165, 1.54) is 11.8 Å². The lowest BCUT2D eigenvalue weighted by Crippen LogP contribution is -2.31. The molecule has 0 bridgehead atoms. The van der Waals surface area contributed by atoms with Gasteiger partial charge in [0, 0.05) is 37.0 Å². The molecule has 0 aliphatic carbocycles. The average Bonchev–Trinajstić information content (AvgIpc) is 2.50. The van der Waals surface area contributed by atoms with E-state index in [2.05, 4.69) is 5.32 Å². The van der Waals surface area contributed by atoms with Crippen LogP contribution in [0.15, 0.2) is 18.2 Å². The molecule has 1 aliphatic rings. The summed E-state index contributed by atoms with van der Waals surface area (Å²) in [4.78, 5) is 35.7. The van der Waals surface area contributed by atoms with Gasteiger partial charge in [-0.2, -0.15) is 0 Å². The van der Waals surface area contributed by atoms with Crippen molar-refractivity contribution >= 4 is 35.2 Å². The van der Waals surface area contributed by atoms with E-state index in [0.29, 0.717) is 30.7 Å². The highest BCUT2D eigenvalue weighted by molar-refractivity contribution is 7.99. The van der Waals surface area contributed by atoms with E-state index in [4.69, 9.17) is 5.11 Å². The van der Waals surface area contributed by atoms with Crippen LogP contribution in [0.4, 0.5) is 5.69 Å². The van der Waals surface area contributed by atoms with E-state index in [1.54, 1.807) is 24.1 Å². The summed E-state index contributed by atoms with van der Waals surface area (Å²) in [5.41, 5.74) is 2.41. The molecule has 118 valence electrons. The number of amides is 2. The second-order valence-electron chi connectivity index (χ2n) is 5.00. The molecule has 0 radical (unpaired) electrons. The van der Waals surface area contributed by atoms with Crippen molar-refractivity contribution in [3.63, 3.8) is 0 Å². The van der Waals surface area contributed by atoms with Crippen LogP contribution in [0, 0.1) is 0 Å². The molecular weight excluding hydrogens is 304 g/mol. The highest BCUT2D eigenvalue weighted by atomic mass is 32.2. The molecule has 0 atom stereocenters. The van der Waals surface area contributed by atoms with E-state index in [9.17, 15) is 14.4 Å². The third-order valence-corrected chi connectivity index (χ3v) is 4.39. The van der Waals surface area contributed by atoms with Crippen LogP contribution in [-0.4, -0.2) is 48.0 Å². The summed E-state index contributed by atoms with van der Waals surface area (Å²) in [6.45, 7) is 0.423. The first kappa shape index (κ1) is 16.4. The first-order chi connectivity index (χ1) is 10.5. The zero-order valence-electron chi connectivity index (χ0n) is 12.3. The van der Waals surface area contributed by atoms with Crippen molar-refractivity contribution in [2.75, 3.05) is 30.0 Å². The molecule has 2 rings (SSSR count). The Morgan fingerprint density at radius 3 is 2.86 bits per heavy atom. The Bertz CT molecular complexity index is 603. The van der Waals surface area contributed by atoms with Crippen LogP contribution in [-0.2, 0) is 16.0 Å². The van der Waals surface area contributed by atoms with Gasteiger partial charge in [0.15, 0.2) is 0 Å². The number of aliphatic carboxylic acids is 1. The summed E-state index contributed by atoms with van der Waals surface area (Å²) in [6, 6.07) is 5.31. The third kappa shape index (κ3) is 4.00. The molecule has 2 N–H and O–H groups in total. The number of hydrogen-bond donors (Lipinski definition) is 2. The quantitative estimate of drug-likeness (QED) is 0.767. The standard InChI is InChI=1S/C15H18N2O4S/c1-17-12-4-2-11(8-10(12)3-5-13(17)18)15(21)16-6-7-22-9-14(19)20/h2,4,8H,3,5-7,9H2,1H3,(H,16,21)(H,19,20). The zero-order chi connectivity index (χ0) is 16.1. The van der Waals surface area contributed by atoms with Gasteiger partial charge in [-0.15, -0.1) is 11.8 Å². The number of anilines is 1. The van der Waals surface area contributed by atoms with E-state index in [0.717, 1.165) is 11.3 Å². The first-order valence-corrected chi connectivity index (χ1v) is 8.11. The van der Waals surface area contributed by atoms with Gasteiger partial charge in [-0.3, -0.25) is 14.4 Å². The molecule has 1 aliphatic heterocycles. The number of carbonyl (C=O) groups excluding carboxylic acids is 2. The molecule has 6 nitrogen and oxygen atoms in total. The number of fused-ring (bicyclic) bond motifs is 1. The fourth-order valence-electron chi connectivity index (χ4n) is 2.30. The van der Waals surface area contributed by atoms with E-state index in [-0.39, 0.29) is 17.6 Å². The van der Waals surface area contributed by atoms with Gasteiger partial charge in [0.2, 0.25) is 5.91 Å². The summed E-state index contributed by atoms with van der Waals surface area (Å²) in [5.74, 6) is -0.363. The minimum atomic E-state index is -0.857. The van der Waals surface area contributed by atoms with Crippen molar-refractivity contribution in [2.45, 2.75) is 12.8 Å². The first-order valence-electron chi connectivity index (χ1n) is 6.96. The summed E-state index contributed by atoms with van der Waals surface area (Å²) >= 11 is 1.26. The van der Waals surface area contributed by atoms with Gasteiger partial charge in [0.25, 0.3) is 5.91 Å². The SMILES string of the molecule is CN1C(=O)CCc2cc(C(=O)NCCSCC(=O)O)ccc21. The average molecular weight is 322 g/mol. The fourth-order valence-corrected chi connectivity index (χ4v) is 2.86. The highest BCUT2D eigenvalue weighted by Gasteiger charge is 2.21. The number of carbonyl (C=O) groups is 3. The number of nitrogens with zero attached hydrogens (tertiary/aromatic N) is 1. The summed E-state index contributed by atoms with van der Waals surface area (Å²) in [7, 11) is 1.74. The zero-order valence-corrected chi connectivity index (χ0v) is 13.1. The number of hydrogen-bond acceptors (Lipinski definition) is 4. The Labute approximate surface area is 132 Å². The van der Waals surface area contributed by atoms with Crippen LogP contribution in [0.3, 0.4) is 0 Å². The Kier molecular flexibility index (Phi) is 5.43. The van der Waals surface area contributed by atoms with Crippen LogP contribution in [0.25, 0.3) is 0 Å². The van der Waals surface area contributed by atoms with Crippen molar-refractivity contribution in [3.8, 4) is 0 Å². The smallest absolute Gasteiger partial charge is 0.313 e. The number of rotatable bonds is 6. The maximum atomic E-state index is 12.1. The lowest BCUT2D eigenvalue weighted by Gasteiger charge is -2.26. The number of aryl methyl sites for hydroxylation is 1. The van der Waals surface area contributed by atoms with Gasteiger partial charge >= 0.3 is 5.97 Å². The fraction of sp³-hybridized carbons (Fsp3) is 0.400. The number of carboxylic acids is 1. The molecule has 0 saturated carbocycles. The van der Waals surface area contributed by atoms with Gasteiger partial charge in [-0.1, -0.05) is 0 Å². The van der Waals surface area contributed by atoms with Gasteiger partial charge in [0.1, 0.15) is 0 Å². The van der Waals surface area contributed by atoms with Crippen LogP contribution in [0.2, 0.25) is 0 Å². The van der Waals surface area contributed by atoms with Crippen molar-refractivity contribution in [1.82, 2.24) is 5.32 Å². The molecule has 7 heteroatoms. The maximum absolute atomic E-state index is 12.1. The largest absolute Gasteiger partial charge is 0.481 e. The predicted molar refractivity (Wildman–Crippen MR) is 85.5 cm³/mol. The minimum Gasteiger partial charge on any atom is -0.481 e. The van der Waals surface area contributed by atoms with Crippen LogP contribution in [0.5, 0.6) is 0 Å². The predicted octanol–water partition coefficient (Wildman–Crippen LogP) is 1.14. The molecule has 22 heavy (non-hydrogen) atoms. The molecule has 0 unspecified atom stereocenters. The molecule has 1 aromatic rings. The van der Waals surface area contributed by atoms with Gasteiger partial charge in [-0.25, -0.2) is 0 Å². The normalized spacial score (nSPS) is 13.7. The topological polar surface area (TPSA) is 86.7 Å². The Hall–Kier alpha value is -2.02. The highest BCUT2D eigenvalue weighted by Crippen LogP contribution is 2.27. The van der Waals surface area contributed by atoms with Crippen LogP contribution >= 0.6 is 11.8 Å². The minimum absolute atomic E-state index is 0.0368. The second-order valence-corrected chi connectivity index (χ2v) is 6.10. The molecular formula is C15H18N2O4S. The number of thioether (sulfide) groups is 1. The lowest BCUT2D eigenvalue weighted by molar-refractivity contribution is -0.133. The lowest BCUT2D eigenvalue weighted by atomic mass is 9.99. The van der Waals surface area contributed by atoms with Crippen molar-refractivity contribution in [2.24, 2.45) is 0 Å². The van der Waals surface area contributed by atoms with Crippen LogP contribution < -0.4 is 10.2 Å². The van der Waals surface area contributed by atoms with Gasteiger partial charge in [-0.05, 0) is 30.2 Å². The number of nitrogens with one attached hydrogen (secondary N) is 1. The molecule has 0 fully saturated rings. The molecule has 1 aromatic carbocycles. The van der Waals surface area contributed by atoms with E-state index in [1.807, 2.05) is 6.07 Å². The molecule has 0 aromatic heterocycles. The van der Waals surface area contributed by atoms with Crippen molar-refractivity contribution in [1.29, 1.82) is 0 Å². The van der Waals surface area contributed by atoms with Crippen molar-refractivity contribution in [3.05, 3.63) is 29.3 Å². The van der Waals surface area contributed by atoms with Crippen LogP contribution in [0.1, 0.15) is 22.3 Å². The number of carboxylic acid groups (broad SMARTS) is 1. The Morgan fingerprint density at radius 2 is 2.14 bits per heavy atom.